The van der Waals surface area contributed by atoms with Crippen LogP contribution in [-0.4, -0.2) is 29.5 Å². The van der Waals surface area contributed by atoms with Gasteiger partial charge in [-0.1, -0.05) is 6.07 Å². The van der Waals surface area contributed by atoms with Gasteiger partial charge in [0.15, 0.2) is 5.82 Å². The van der Waals surface area contributed by atoms with Gasteiger partial charge < -0.3 is 0 Å². The van der Waals surface area contributed by atoms with Crippen molar-refractivity contribution in [1.29, 1.82) is 0 Å². The van der Waals surface area contributed by atoms with Crippen LogP contribution in [0, 0.1) is 0 Å². The molecule has 0 saturated carbocycles. The average Bonchev–Trinajstić information content (AvgIpc) is 3.07. The standard InChI is InChI=1S/C13H14N6/c1-10(2)19-12(6-8-16-19)18-9-15-17-13(18)11-5-3-4-7-14-11/h3-10H,1-2H3/i7D. The van der Waals surface area contributed by atoms with Crippen LogP contribution in [0.1, 0.15) is 21.3 Å². The lowest BCUT2D eigenvalue weighted by Gasteiger charge is -2.12. The highest BCUT2D eigenvalue weighted by Crippen LogP contribution is 2.19. The quantitative estimate of drug-likeness (QED) is 0.719. The fourth-order valence-corrected chi connectivity index (χ4v) is 1.92. The number of nitrogens with zero attached hydrogens (tertiary/aromatic N) is 6. The lowest BCUT2D eigenvalue weighted by molar-refractivity contribution is 0.522. The molecule has 0 atom stereocenters. The van der Waals surface area contributed by atoms with Gasteiger partial charge in [0.1, 0.15) is 17.8 Å². The zero-order valence-electron chi connectivity index (χ0n) is 11.7. The summed E-state index contributed by atoms with van der Waals surface area (Å²) in [5.41, 5.74) is 0.617. The minimum atomic E-state index is 0.203. The van der Waals surface area contributed by atoms with Crippen LogP contribution in [-0.2, 0) is 0 Å². The van der Waals surface area contributed by atoms with Gasteiger partial charge in [0.05, 0.1) is 7.57 Å². The molecule has 6 nitrogen and oxygen atoms in total. The molecule has 0 fully saturated rings. The molecule has 19 heavy (non-hydrogen) atoms. The van der Waals surface area contributed by atoms with Crippen molar-refractivity contribution in [1.82, 2.24) is 29.5 Å². The third kappa shape index (κ3) is 2.01. The Labute approximate surface area is 112 Å². The first-order valence-electron chi connectivity index (χ1n) is 6.55. The predicted octanol–water partition coefficient (Wildman–Crippen LogP) is 2.11. The van der Waals surface area contributed by atoms with Crippen LogP contribution in [0.5, 0.6) is 0 Å². The van der Waals surface area contributed by atoms with E-state index in [-0.39, 0.29) is 12.2 Å². The Hall–Kier alpha value is -2.50. The van der Waals surface area contributed by atoms with Crippen molar-refractivity contribution >= 4 is 0 Å². The number of pyridine rings is 1. The fourth-order valence-electron chi connectivity index (χ4n) is 1.92. The molecule has 3 aromatic heterocycles. The van der Waals surface area contributed by atoms with Crippen molar-refractivity contribution in [2.24, 2.45) is 0 Å². The Balaban J connectivity index is 2.13. The largest absolute Gasteiger partial charge is 0.264 e. The van der Waals surface area contributed by atoms with E-state index in [4.69, 9.17) is 1.37 Å². The van der Waals surface area contributed by atoms with Crippen LogP contribution in [0.3, 0.4) is 0 Å². The average molecular weight is 255 g/mol. The summed E-state index contributed by atoms with van der Waals surface area (Å²) in [7, 11) is 0. The molecule has 0 amide bonds. The first-order chi connectivity index (χ1) is 9.66. The second-order valence-corrected chi connectivity index (χ2v) is 4.40. The highest BCUT2D eigenvalue weighted by molar-refractivity contribution is 5.51. The van der Waals surface area contributed by atoms with Crippen LogP contribution >= 0.6 is 0 Å². The molecule has 0 radical (unpaired) electrons. The third-order valence-electron chi connectivity index (χ3n) is 2.77. The molecule has 3 aromatic rings. The molecule has 0 N–H and O–H groups in total. The molecular formula is C13H14N6. The monoisotopic (exact) mass is 255 g/mol. The molecule has 0 spiro atoms. The van der Waals surface area contributed by atoms with E-state index < -0.39 is 0 Å². The Morgan fingerprint density at radius 2 is 2.16 bits per heavy atom. The molecule has 96 valence electrons. The molecule has 0 aromatic carbocycles. The van der Waals surface area contributed by atoms with Crippen molar-refractivity contribution < 1.29 is 1.37 Å². The van der Waals surface area contributed by atoms with Crippen LogP contribution < -0.4 is 0 Å². The second kappa shape index (κ2) is 4.64. The number of aromatic nitrogens is 6. The highest BCUT2D eigenvalue weighted by atomic mass is 15.4. The van der Waals surface area contributed by atoms with Crippen molar-refractivity contribution in [3.05, 3.63) is 43.0 Å². The van der Waals surface area contributed by atoms with Gasteiger partial charge in [-0.05, 0) is 26.0 Å². The van der Waals surface area contributed by atoms with Gasteiger partial charge in [-0.3, -0.25) is 9.55 Å². The predicted molar refractivity (Wildman–Crippen MR) is 70.8 cm³/mol. The zero-order chi connectivity index (χ0) is 14.1. The maximum absolute atomic E-state index is 7.61. The smallest absolute Gasteiger partial charge is 0.188 e. The van der Waals surface area contributed by atoms with Gasteiger partial charge >= 0.3 is 0 Å². The van der Waals surface area contributed by atoms with Gasteiger partial charge in [-0.2, -0.15) is 5.10 Å². The third-order valence-corrected chi connectivity index (χ3v) is 2.77. The molecule has 3 heterocycles. The molecule has 0 bridgehead atoms. The second-order valence-electron chi connectivity index (χ2n) is 4.40. The Bertz CT molecular complexity index is 730. The molecular weight excluding hydrogens is 240 g/mol. The first-order valence-corrected chi connectivity index (χ1v) is 6.05. The number of rotatable bonds is 3. The van der Waals surface area contributed by atoms with Crippen LogP contribution in [0.15, 0.2) is 43.0 Å². The number of hydrogen-bond acceptors (Lipinski definition) is 4. The van der Waals surface area contributed by atoms with E-state index in [1.807, 2.05) is 21.4 Å². The van der Waals surface area contributed by atoms with E-state index in [1.165, 1.54) is 0 Å². The summed E-state index contributed by atoms with van der Waals surface area (Å²) in [5.74, 6) is 1.47. The van der Waals surface area contributed by atoms with Gasteiger partial charge in [0.25, 0.3) is 0 Å². The van der Waals surface area contributed by atoms with Crippen molar-refractivity contribution in [2.45, 2.75) is 19.9 Å². The van der Waals surface area contributed by atoms with Gasteiger partial charge in [0, 0.05) is 18.3 Å². The molecule has 0 saturated heterocycles. The summed E-state index contributed by atoms with van der Waals surface area (Å²) in [6, 6.07) is 7.35. The zero-order valence-corrected chi connectivity index (χ0v) is 10.7. The summed E-state index contributed by atoms with van der Waals surface area (Å²) in [6.45, 7) is 4.12. The van der Waals surface area contributed by atoms with Gasteiger partial charge in [0.2, 0.25) is 0 Å². The minimum Gasteiger partial charge on any atom is -0.264 e. The summed E-state index contributed by atoms with van der Waals surface area (Å²) in [4.78, 5) is 4.17. The summed E-state index contributed by atoms with van der Waals surface area (Å²) in [5, 5.41) is 12.4. The molecule has 0 unspecified atom stereocenters. The maximum atomic E-state index is 7.61. The van der Waals surface area contributed by atoms with E-state index in [1.54, 1.807) is 24.7 Å². The van der Waals surface area contributed by atoms with E-state index in [2.05, 4.69) is 34.1 Å². The molecule has 3 rings (SSSR count). The van der Waals surface area contributed by atoms with E-state index in [0.29, 0.717) is 11.5 Å². The fraction of sp³-hybridized carbons (Fsp3) is 0.231. The van der Waals surface area contributed by atoms with Crippen molar-refractivity contribution in [3.63, 3.8) is 0 Å². The van der Waals surface area contributed by atoms with E-state index in [9.17, 15) is 0 Å². The lowest BCUT2D eigenvalue weighted by Crippen LogP contribution is -2.10. The van der Waals surface area contributed by atoms with Crippen LogP contribution in [0.2, 0.25) is 0 Å². The Kier molecular flexibility index (Phi) is 2.55. The SMILES string of the molecule is [2H]c1cccc(-c2nncn2-c2ccnn2C(C)C)n1. The topological polar surface area (TPSA) is 61.4 Å². The van der Waals surface area contributed by atoms with E-state index in [0.717, 1.165) is 5.82 Å². The lowest BCUT2D eigenvalue weighted by atomic mass is 10.3. The minimum absolute atomic E-state index is 0.203. The van der Waals surface area contributed by atoms with Gasteiger partial charge in [-0.25, -0.2) is 4.68 Å². The Morgan fingerprint density at radius 3 is 2.95 bits per heavy atom. The highest BCUT2D eigenvalue weighted by Gasteiger charge is 2.14. The van der Waals surface area contributed by atoms with Crippen LogP contribution in [0.25, 0.3) is 17.3 Å². The van der Waals surface area contributed by atoms with Gasteiger partial charge in [-0.15, -0.1) is 10.2 Å². The molecule has 6 heteroatoms. The number of hydrogen-bond donors (Lipinski definition) is 0. The summed E-state index contributed by atoms with van der Waals surface area (Å²) < 4.78 is 11.3. The van der Waals surface area contributed by atoms with E-state index >= 15 is 0 Å². The first kappa shape index (κ1) is 10.4. The van der Waals surface area contributed by atoms with Crippen molar-refractivity contribution in [2.75, 3.05) is 0 Å². The maximum Gasteiger partial charge on any atom is 0.188 e. The molecule has 0 aliphatic carbocycles. The van der Waals surface area contributed by atoms with Crippen LogP contribution in [0.4, 0.5) is 0 Å². The summed E-state index contributed by atoms with van der Waals surface area (Å²) >= 11 is 0. The molecule has 0 aliphatic rings. The Morgan fingerprint density at radius 1 is 1.26 bits per heavy atom. The summed E-state index contributed by atoms with van der Waals surface area (Å²) in [6.07, 6.45) is 3.58. The molecule has 0 aliphatic heterocycles. The van der Waals surface area contributed by atoms with Crippen molar-refractivity contribution in [3.8, 4) is 17.3 Å². The normalized spacial score (nSPS) is 11.8.